The molecule has 0 N–H and O–H groups in total. The van der Waals surface area contributed by atoms with Crippen LogP contribution in [0.15, 0.2) is 23.6 Å². The summed E-state index contributed by atoms with van der Waals surface area (Å²) in [6.45, 7) is 6.10. The Morgan fingerprint density at radius 1 is 1.27 bits per heavy atom. The van der Waals surface area contributed by atoms with E-state index in [0.29, 0.717) is 6.42 Å². The topological polar surface area (TPSA) is 0 Å². The molecule has 0 fully saturated rings. The van der Waals surface area contributed by atoms with E-state index in [-0.39, 0.29) is 5.83 Å². The van der Waals surface area contributed by atoms with E-state index in [1.165, 1.54) is 5.57 Å². The molecule has 0 saturated carbocycles. The van der Waals surface area contributed by atoms with E-state index in [1.54, 1.807) is 6.08 Å². The number of hydrogen-bond donors (Lipinski definition) is 0. The minimum Gasteiger partial charge on any atom is -0.212 e. The van der Waals surface area contributed by atoms with Gasteiger partial charge >= 0.3 is 0 Å². The molecule has 0 spiro atoms. The first kappa shape index (κ1) is 10.4. The summed E-state index contributed by atoms with van der Waals surface area (Å²) in [5.74, 6) is 0.0206. The van der Waals surface area contributed by atoms with Crippen molar-refractivity contribution < 1.29 is 4.39 Å². The normalized spacial score (nSPS) is 16.0. The number of hydrogen-bond acceptors (Lipinski definition) is 0. The fourth-order valence-electron chi connectivity index (χ4n) is 0.950. The van der Waals surface area contributed by atoms with Crippen LogP contribution in [0, 0.1) is 0 Å². The lowest BCUT2D eigenvalue weighted by Gasteiger charge is -2.06. The molecule has 0 amide bonds. The summed E-state index contributed by atoms with van der Waals surface area (Å²) in [4.78, 5) is 0. The van der Waals surface area contributed by atoms with Gasteiger partial charge in [-0.15, -0.1) is 0 Å². The van der Waals surface area contributed by atoms with Gasteiger partial charge in [-0.3, -0.25) is 0 Å². The number of halogens is 1. The first-order valence-corrected chi connectivity index (χ1v) is 4.37. The zero-order chi connectivity index (χ0) is 8.69. The van der Waals surface area contributed by atoms with Gasteiger partial charge in [0.2, 0.25) is 0 Å². The van der Waals surface area contributed by atoms with Gasteiger partial charge in [-0.1, -0.05) is 32.4 Å². The summed E-state index contributed by atoms with van der Waals surface area (Å²) in [5, 5.41) is 0. The molecular weight excluding hydrogens is 139 g/mol. The van der Waals surface area contributed by atoms with Gasteiger partial charge in [-0.25, -0.2) is 4.39 Å². The van der Waals surface area contributed by atoms with Crippen molar-refractivity contribution in [2.24, 2.45) is 0 Å². The molecule has 1 heteroatoms. The van der Waals surface area contributed by atoms with E-state index in [4.69, 9.17) is 0 Å². The van der Waals surface area contributed by atoms with Gasteiger partial charge in [0.15, 0.2) is 0 Å². The molecule has 0 heterocycles. The van der Waals surface area contributed by atoms with Crippen LogP contribution in [0.1, 0.15) is 40.0 Å². The minimum absolute atomic E-state index is 0.0206. The summed E-state index contributed by atoms with van der Waals surface area (Å²) in [5.41, 5.74) is 1.36. The Hall–Kier alpha value is -0.590. The monoisotopic (exact) mass is 156 g/mol. The van der Waals surface area contributed by atoms with Crippen molar-refractivity contribution in [1.82, 2.24) is 0 Å². The Morgan fingerprint density at radius 3 is 2.27 bits per heavy atom. The van der Waals surface area contributed by atoms with Crippen LogP contribution >= 0.6 is 0 Å². The largest absolute Gasteiger partial charge is 0.212 e. The Morgan fingerprint density at radius 2 is 1.91 bits per heavy atom. The van der Waals surface area contributed by atoms with E-state index in [2.05, 4.69) is 6.92 Å². The third kappa shape index (κ3) is 3.97. The van der Waals surface area contributed by atoms with Gasteiger partial charge in [-0.05, 0) is 18.9 Å². The third-order valence-corrected chi connectivity index (χ3v) is 1.64. The number of allylic oxidation sites excluding steroid dienone is 4. The zero-order valence-electron chi connectivity index (χ0n) is 7.65. The van der Waals surface area contributed by atoms with E-state index in [0.717, 1.165) is 12.8 Å². The van der Waals surface area contributed by atoms with Gasteiger partial charge in [0.25, 0.3) is 0 Å². The minimum atomic E-state index is 0.0206. The summed E-state index contributed by atoms with van der Waals surface area (Å²) in [6.07, 6.45) is 6.05. The molecule has 1 rings (SSSR count). The summed E-state index contributed by atoms with van der Waals surface area (Å²) in [7, 11) is 0. The van der Waals surface area contributed by atoms with Gasteiger partial charge in [0, 0.05) is 6.42 Å². The molecule has 11 heavy (non-hydrogen) atoms. The molecule has 0 aliphatic heterocycles. The highest BCUT2D eigenvalue weighted by Gasteiger charge is 2.02. The van der Waals surface area contributed by atoms with Crippen molar-refractivity contribution in [3.8, 4) is 0 Å². The first-order valence-electron chi connectivity index (χ1n) is 4.37. The molecule has 0 aromatic rings. The molecular formula is C10H17F. The van der Waals surface area contributed by atoms with E-state index in [9.17, 15) is 4.39 Å². The zero-order valence-corrected chi connectivity index (χ0v) is 7.65. The van der Waals surface area contributed by atoms with Crippen LogP contribution in [0.4, 0.5) is 4.39 Å². The summed E-state index contributed by atoms with van der Waals surface area (Å²) in [6, 6.07) is 0. The summed E-state index contributed by atoms with van der Waals surface area (Å²) >= 11 is 0. The van der Waals surface area contributed by atoms with Crippen molar-refractivity contribution >= 4 is 0 Å². The maximum atomic E-state index is 12.3. The quantitative estimate of drug-likeness (QED) is 0.538. The standard InChI is InChI=1S/C8H11F.C2H6/c1-2-7-3-5-8(9)6-4-7;1-2/h3,5H,2,4,6H2,1H3;1-2H3. The Bertz CT molecular complexity index is 154. The predicted octanol–water partition coefficient (Wildman–Crippen LogP) is 4.00. The highest BCUT2D eigenvalue weighted by atomic mass is 19.1. The van der Waals surface area contributed by atoms with Gasteiger partial charge < -0.3 is 0 Å². The molecule has 0 bridgehead atoms. The van der Waals surface area contributed by atoms with Crippen molar-refractivity contribution in [1.29, 1.82) is 0 Å². The molecule has 64 valence electrons. The smallest absolute Gasteiger partial charge is 0.100 e. The Labute approximate surface area is 68.8 Å². The lowest BCUT2D eigenvalue weighted by atomic mass is 10.0. The number of rotatable bonds is 1. The Kier molecular flexibility index (Phi) is 5.81. The predicted molar refractivity (Wildman–Crippen MR) is 48.1 cm³/mol. The highest BCUT2D eigenvalue weighted by molar-refractivity contribution is 5.20. The molecule has 0 aromatic heterocycles. The second-order valence-electron chi connectivity index (χ2n) is 2.29. The molecule has 0 radical (unpaired) electrons. The van der Waals surface area contributed by atoms with Crippen molar-refractivity contribution in [3.63, 3.8) is 0 Å². The molecule has 0 atom stereocenters. The second-order valence-corrected chi connectivity index (χ2v) is 2.29. The van der Waals surface area contributed by atoms with E-state index < -0.39 is 0 Å². The van der Waals surface area contributed by atoms with Gasteiger partial charge in [-0.2, -0.15) is 0 Å². The SMILES string of the molecule is CC.CCC1=CC=C(F)CC1. The second kappa shape index (κ2) is 6.14. The van der Waals surface area contributed by atoms with Gasteiger partial charge in [0.1, 0.15) is 5.83 Å². The average Bonchev–Trinajstić information content (AvgIpc) is 2.10. The molecule has 0 unspecified atom stereocenters. The molecule has 0 saturated heterocycles. The molecule has 0 nitrogen and oxygen atoms in total. The van der Waals surface area contributed by atoms with Crippen molar-refractivity contribution in [2.75, 3.05) is 0 Å². The van der Waals surface area contributed by atoms with Crippen LogP contribution in [-0.2, 0) is 0 Å². The third-order valence-electron chi connectivity index (χ3n) is 1.64. The fraction of sp³-hybridized carbons (Fsp3) is 0.600. The maximum absolute atomic E-state index is 12.3. The lowest BCUT2D eigenvalue weighted by molar-refractivity contribution is 0.579. The molecule has 0 aromatic carbocycles. The Balaban J connectivity index is 0.000000461. The van der Waals surface area contributed by atoms with E-state index >= 15 is 0 Å². The van der Waals surface area contributed by atoms with Gasteiger partial charge in [0.05, 0.1) is 0 Å². The van der Waals surface area contributed by atoms with Crippen LogP contribution in [0.25, 0.3) is 0 Å². The fourth-order valence-corrected chi connectivity index (χ4v) is 0.950. The van der Waals surface area contributed by atoms with Crippen molar-refractivity contribution in [3.05, 3.63) is 23.6 Å². The van der Waals surface area contributed by atoms with E-state index in [1.807, 2.05) is 19.9 Å². The van der Waals surface area contributed by atoms with Crippen LogP contribution in [0.5, 0.6) is 0 Å². The first-order chi connectivity index (χ1) is 5.33. The van der Waals surface area contributed by atoms with Crippen molar-refractivity contribution in [2.45, 2.75) is 40.0 Å². The lowest BCUT2D eigenvalue weighted by Crippen LogP contribution is -1.87. The highest BCUT2D eigenvalue weighted by Crippen LogP contribution is 2.20. The molecule has 1 aliphatic carbocycles. The van der Waals surface area contributed by atoms with Crippen LogP contribution < -0.4 is 0 Å². The summed E-state index contributed by atoms with van der Waals surface area (Å²) < 4.78 is 12.3. The molecule has 1 aliphatic rings. The average molecular weight is 156 g/mol. The maximum Gasteiger partial charge on any atom is 0.100 e. The van der Waals surface area contributed by atoms with Crippen LogP contribution in [0.3, 0.4) is 0 Å². The van der Waals surface area contributed by atoms with Crippen LogP contribution in [0.2, 0.25) is 0 Å². The van der Waals surface area contributed by atoms with Crippen LogP contribution in [-0.4, -0.2) is 0 Å².